The molecule has 0 amide bonds. The van der Waals surface area contributed by atoms with Gasteiger partial charge >= 0.3 is 0 Å². The molecule has 0 saturated carbocycles. The molecule has 1 rings (SSSR count). The molecule has 0 aromatic heterocycles. The summed E-state index contributed by atoms with van der Waals surface area (Å²) in [5, 5.41) is 0.568. The van der Waals surface area contributed by atoms with Crippen molar-refractivity contribution in [1.29, 1.82) is 0 Å². The lowest BCUT2D eigenvalue weighted by Gasteiger charge is -2.03. The van der Waals surface area contributed by atoms with Gasteiger partial charge in [-0.25, -0.2) is 0 Å². The fourth-order valence-corrected chi connectivity index (χ4v) is 1.52. The third-order valence-corrected chi connectivity index (χ3v) is 2.21. The van der Waals surface area contributed by atoms with Crippen molar-refractivity contribution in [2.24, 2.45) is 0 Å². The van der Waals surface area contributed by atoms with Crippen molar-refractivity contribution in [3.8, 4) is 0 Å². The molecule has 64 valence electrons. The zero-order chi connectivity index (χ0) is 9.14. The minimum Gasteiger partial charge on any atom is -0.302 e. The molecule has 4 heteroatoms. The smallest absolute Gasteiger partial charge is 0.137 e. The highest BCUT2D eigenvalue weighted by molar-refractivity contribution is 7.81. The molecule has 0 aliphatic rings. The first kappa shape index (κ1) is 9.90. The number of aldehydes is 1. The minimum atomic E-state index is -0.457. The summed E-state index contributed by atoms with van der Waals surface area (Å²) in [5.41, 5.74) is 0.714. The third-order valence-electron chi connectivity index (χ3n) is 1.36. The van der Waals surface area contributed by atoms with Gasteiger partial charge in [-0.05, 0) is 23.8 Å². The van der Waals surface area contributed by atoms with Crippen molar-refractivity contribution in [2.75, 3.05) is 0 Å². The number of benzene rings is 1. The molecule has 0 fully saturated rings. The highest BCUT2D eigenvalue weighted by Gasteiger charge is 2.06. The number of thiol groups is 1. The van der Waals surface area contributed by atoms with Gasteiger partial charge in [0.15, 0.2) is 0 Å². The highest BCUT2D eigenvalue weighted by Crippen LogP contribution is 2.25. The van der Waals surface area contributed by atoms with Gasteiger partial charge in [-0.3, -0.25) is 0 Å². The quantitative estimate of drug-likeness (QED) is 0.599. The third kappa shape index (κ3) is 2.41. The van der Waals surface area contributed by atoms with Gasteiger partial charge in [0.2, 0.25) is 0 Å². The van der Waals surface area contributed by atoms with Crippen molar-refractivity contribution in [3.63, 3.8) is 0 Å². The summed E-state index contributed by atoms with van der Waals surface area (Å²) < 4.78 is 0. The van der Waals surface area contributed by atoms with Gasteiger partial charge in [0.05, 0.1) is 5.25 Å². The predicted molar refractivity (Wildman–Crippen MR) is 54.3 cm³/mol. The summed E-state index contributed by atoms with van der Waals surface area (Å²) >= 11 is 15.5. The van der Waals surface area contributed by atoms with Gasteiger partial charge in [-0.1, -0.05) is 23.2 Å². The van der Waals surface area contributed by atoms with Crippen LogP contribution in [0.2, 0.25) is 10.0 Å². The standard InChI is InChI=1S/C8H6Cl2OS/c9-6-1-5(8(12)4-11)2-7(10)3-6/h1-4,8,12H. The lowest BCUT2D eigenvalue weighted by atomic mass is 10.2. The van der Waals surface area contributed by atoms with Crippen LogP contribution in [0.25, 0.3) is 0 Å². The Balaban J connectivity index is 3.08. The Kier molecular flexibility index (Phi) is 3.44. The van der Waals surface area contributed by atoms with E-state index < -0.39 is 5.25 Å². The van der Waals surface area contributed by atoms with Crippen LogP contribution in [-0.2, 0) is 4.79 Å². The van der Waals surface area contributed by atoms with Gasteiger partial charge in [0.1, 0.15) is 6.29 Å². The topological polar surface area (TPSA) is 17.1 Å². The molecule has 0 aliphatic heterocycles. The number of hydrogen-bond acceptors (Lipinski definition) is 2. The summed E-state index contributed by atoms with van der Waals surface area (Å²) in [5.74, 6) is 0. The van der Waals surface area contributed by atoms with E-state index in [0.717, 1.165) is 6.29 Å². The molecule has 0 aliphatic carbocycles. The fourth-order valence-electron chi connectivity index (χ4n) is 0.824. The van der Waals surface area contributed by atoms with Gasteiger partial charge in [-0.2, -0.15) is 12.6 Å². The lowest BCUT2D eigenvalue weighted by molar-refractivity contribution is -0.107. The second-order valence-electron chi connectivity index (χ2n) is 2.28. The van der Waals surface area contributed by atoms with Crippen LogP contribution in [0.4, 0.5) is 0 Å². The largest absolute Gasteiger partial charge is 0.302 e. The number of halogens is 2. The summed E-state index contributed by atoms with van der Waals surface area (Å²) in [7, 11) is 0. The van der Waals surface area contributed by atoms with Crippen LogP contribution >= 0.6 is 35.8 Å². The van der Waals surface area contributed by atoms with Crippen molar-refractivity contribution < 1.29 is 4.79 Å². The Morgan fingerprint density at radius 3 is 2.17 bits per heavy atom. The van der Waals surface area contributed by atoms with Crippen LogP contribution in [0, 0.1) is 0 Å². The Hall–Kier alpha value is -0.180. The van der Waals surface area contributed by atoms with Crippen LogP contribution in [0.3, 0.4) is 0 Å². The van der Waals surface area contributed by atoms with Crippen molar-refractivity contribution >= 4 is 42.1 Å². The molecule has 1 atom stereocenters. The Bertz CT molecular complexity index is 281. The van der Waals surface area contributed by atoms with Gasteiger partial charge in [0, 0.05) is 10.0 Å². The van der Waals surface area contributed by atoms with Crippen LogP contribution in [-0.4, -0.2) is 6.29 Å². The van der Waals surface area contributed by atoms with E-state index in [1.807, 2.05) is 0 Å². The molecule has 1 aromatic carbocycles. The maximum Gasteiger partial charge on any atom is 0.137 e. The first-order chi connectivity index (χ1) is 5.63. The molecule has 0 bridgehead atoms. The van der Waals surface area contributed by atoms with Gasteiger partial charge < -0.3 is 4.79 Å². The first-order valence-electron chi connectivity index (χ1n) is 3.23. The summed E-state index contributed by atoms with van der Waals surface area (Å²) in [4.78, 5) is 10.4. The van der Waals surface area contributed by atoms with Gasteiger partial charge in [0.25, 0.3) is 0 Å². The van der Waals surface area contributed by atoms with E-state index >= 15 is 0 Å². The predicted octanol–water partition coefficient (Wildman–Crippen LogP) is 3.16. The molecule has 12 heavy (non-hydrogen) atoms. The monoisotopic (exact) mass is 220 g/mol. The van der Waals surface area contributed by atoms with E-state index in [-0.39, 0.29) is 0 Å². The van der Waals surface area contributed by atoms with E-state index in [4.69, 9.17) is 23.2 Å². The Morgan fingerprint density at radius 2 is 1.75 bits per heavy atom. The lowest BCUT2D eigenvalue weighted by Crippen LogP contribution is -1.90. The van der Waals surface area contributed by atoms with E-state index in [1.165, 1.54) is 0 Å². The molecule has 0 N–H and O–H groups in total. The number of carbonyl (C=O) groups excluding carboxylic acids is 1. The van der Waals surface area contributed by atoms with E-state index in [9.17, 15) is 4.79 Å². The van der Waals surface area contributed by atoms with Crippen LogP contribution in [0.1, 0.15) is 10.8 Å². The summed E-state index contributed by atoms with van der Waals surface area (Å²) in [6.45, 7) is 0. The van der Waals surface area contributed by atoms with Crippen LogP contribution in [0.5, 0.6) is 0 Å². The zero-order valence-corrected chi connectivity index (χ0v) is 8.40. The summed E-state index contributed by atoms with van der Waals surface area (Å²) in [6.07, 6.45) is 0.727. The van der Waals surface area contributed by atoms with E-state index in [0.29, 0.717) is 15.6 Å². The molecule has 1 aromatic rings. The van der Waals surface area contributed by atoms with Crippen LogP contribution < -0.4 is 0 Å². The normalized spacial score (nSPS) is 12.6. The average Bonchev–Trinajstić information content (AvgIpc) is 2.01. The first-order valence-corrected chi connectivity index (χ1v) is 4.50. The SMILES string of the molecule is O=CC(S)c1cc(Cl)cc(Cl)c1. The Morgan fingerprint density at radius 1 is 1.25 bits per heavy atom. The molecule has 1 nitrogen and oxygen atoms in total. The molecule has 0 radical (unpaired) electrons. The maximum atomic E-state index is 10.4. The van der Waals surface area contributed by atoms with Crippen LogP contribution in [0.15, 0.2) is 18.2 Å². The molecular weight excluding hydrogens is 215 g/mol. The molecule has 0 heterocycles. The average molecular weight is 221 g/mol. The molecular formula is C8H6Cl2OS. The fraction of sp³-hybridized carbons (Fsp3) is 0.125. The highest BCUT2D eigenvalue weighted by atomic mass is 35.5. The molecule has 1 unspecified atom stereocenters. The second kappa shape index (κ2) is 4.17. The number of hydrogen-bond donors (Lipinski definition) is 1. The van der Waals surface area contributed by atoms with Gasteiger partial charge in [-0.15, -0.1) is 0 Å². The van der Waals surface area contributed by atoms with Crippen molar-refractivity contribution in [3.05, 3.63) is 33.8 Å². The van der Waals surface area contributed by atoms with Crippen molar-refractivity contribution in [2.45, 2.75) is 5.25 Å². The number of carbonyl (C=O) groups is 1. The molecule has 0 saturated heterocycles. The summed E-state index contributed by atoms with van der Waals surface area (Å²) in [6, 6.07) is 4.94. The molecule has 0 spiro atoms. The number of rotatable bonds is 2. The maximum absolute atomic E-state index is 10.4. The van der Waals surface area contributed by atoms with E-state index in [2.05, 4.69) is 12.6 Å². The zero-order valence-electron chi connectivity index (χ0n) is 6.00. The second-order valence-corrected chi connectivity index (χ2v) is 3.71. The van der Waals surface area contributed by atoms with E-state index in [1.54, 1.807) is 18.2 Å². The van der Waals surface area contributed by atoms with Crippen molar-refractivity contribution in [1.82, 2.24) is 0 Å². The minimum absolute atomic E-state index is 0.457. The Labute approximate surface area is 86.1 Å².